The SMILES string of the molecule is Cc1ccc(CCNCC(CO)C(C)C)o1. The largest absolute Gasteiger partial charge is 0.466 e. The van der Waals surface area contributed by atoms with Crippen LogP contribution in [0.1, 0.15) is 25.4 Å². The van der Waals surface area contributed by atoms with Crippen LogP contribution in [-0.4, -0.2) is 24.8 Å². The Balaban J connectivity index is 2.16. The van der Waals surface area contributed by atoms with E-state index in [1.807, 2.05) is 19.1 Å². The summed E-state index contributed by atoms with van der Waals surface area (Å²) in [5.74, 6) is 2.85. The Hall–Kier alpha value is -0.800. The third-order valence-electron chi connectivity index (χ3n) is 2.93. The lowest BCUT2D eigenvalue weighted by atomic mass is 9.97. The predicted molar refractivity (Wildman–Crippen MR) is 65.4 cm³/mol. The second-order valence-corrected chi connectivity index (χ2v) is 4.65. The monoisotopic (exact) mass is 225 g/mol. The fraction of sp³-hybridized carbons (Fsp3) is 0.692. The summed E-state index contributed by atoms with van der Waals surface area (Å²) in [6, 6.07) is 4.00. The second-order valence-electron chi connectivity index (χ2n) is 4.65. The van der Waals surface area contributed by atoms with Gasteiger partial charge in [-0.3, -0.25) is 0 Å². The molecular weight excluding hydrogens is 202 g/mol. The van der Waals surface area contributed by atoms with Crippen molar-refractivity contribution in [2.45, 2.75) is 27.2 Å². The highest BCUT2D eigenvalue weighted by molar-refractivity contribution is 5.05. The lowest BCUT2D eigenvalue weighted by Gasteiger charge is -2.18. The van der Waals surface area contributed by atoms with Gasteiger partial charge in [-0.2, -0.15) is 0 Å². The molecule has 0 aliphatic heterocycles. The van der Waals surface area contributed by atoms with Crippen molar-refractivity contribution in [3.63, 3.8) is 0 Å². The topological polar surface area (TPSA) is 45.4 Å². The van der Waals surface area contributed by atoms with Crippen LogP contribution < -0.4 is 5.32 Å². The molecule has 0 fully saturated rings. The summed E-state index contributed by atoms with van der Waals surface area (Å²) in [6.45, 7) is 8.25. The highest BCUT2D eigenvalue weighted by Gasteiger charge is 2.11. The molecular formula is C13H23NO2. The minimum Gasteiger partial charge on any atom is -0.466 e. The van der Waals surface area contributed by atoms with E-state index in [1.54, 1.807) is 0 Å². The number of aliphatic hydroxyl groups is 1. The van der Waals surface area contributed by atoms with E-state index in [4.69, 9.17) is 9.52 Å². The smallest absolute Gasteiger partial charge is 0.105 e. The molecule has 0 radical (unpaired) electrons. The molecule has 3 nitrogen and oxygen atoms in total. The van der Waals surface area contributed by atoms with Crippen LogP contribution in [-0.2, 0) is 6.42 Å². The van der Waals surface area contributed by atoms with Gasteiger partial charge in [0.15, 0.2) is 0 Å². The maximum atomic E-state index is 9.16. The third kappa shape index (κ3) is 4.37. The zero-order valence-corrected chi connectivity index (χ0v) is 10.5. The lowest BCUT2D eigenvalue weighted by molar-refractivity contribution is 0.186. The molecule has 3 heteroatoms. The van der Waals surface area contributed by atoms with Gasteiger partial charge < -0.3 is 14.8 Å². The lowest BCUT2D eigenvalue weighted by Crippen LogP contribution is -2.30. The van der Waals surface area contributed by atoms with E-state index in [1.165, 1.54) is 0 Å². The van der Waals surface area contributed by atoms with E-state index in [2.05, 4.69) is 19.2 Å². The van der Waals surface area contributed by atoms with Crippen molar-refractivity contribution in [2.24, 2.45) is 11.8 Å². The van der Waals surface area contributed by atoms with E-state index in [0.717, 1.165) is 31.0 Å². The standard InChI is InChI=1S/C13H23NO2/c1-10(2)12(9-15)8-14-7-6-13-5-4-11(3)16-13/h4-5,10,12,14-15H,6-9H2,1-3H3. The summed E-state index contributed by atoms with van der Waals surface area (Å²) < 4.78 is 5.47. The Morgan fingerprint density at radius 3 is 2.62 bits per heavy atom. The second kappa shape index (κ2) is 6.71. The third-order valence-corrected chi connectivity index (χ3v) is 2.93. The van der Waals surface area contributed by atoms with Gasteiger partial charge in [0.25, 0.3) is 0 Å². The number of aryl methyl sites for hydroxylation is 1. The molecule has 1 unspecified atom stereocenters. The van der Waals surface area contributed by atoms with Crippen LogP contribution in [0.25, 0.3) is 0 Å². The molecule has 0 saturated heterocycles. The molecule has 1 aromatic rings. The predicted octanol–water partition coefficient (Wildman–Crippen LogP) is 1.98. The van der Waals surface area contributed by atoms with Gasteiger partial charge in [-0.25, -0.2) is 0 Å². The van der Waals surface area contributed by atoms with E-state index in [-0.39, 0.29) is 6.61 Å². The first kappa shape index (κ1) is 13.3. The summed E-state index contributed by atoms with van der Waals surface area (Å²) in [6.07, 6.45) is 0.907. The Bertz CT molecular complexity index is 294. The minimum atomic E-state index is 0.254. The maximum absolute atomic E-state index is 9.16. The number of furan rings is 1. The fourth-order valence-electron chi connectivity index (χ4n) is 1.63. The normalized spacial score (nSPS) is 13.3. The molecule has 16 heavy (non-hydrogen) atoms. The van der Waals surface area contributed by atoms with Gasteiger partial charge in [-0.15, -0.1) is 0 Å². The summed E-state index contributed by atoms with van der Waals surface area (Å²) >= 11 is 0. The number of hydrogen-bond acceptors (Lipinski definition) is 3. The molecule has 0 spiro atoms. The highest BCUT2D eigenvalue weighted by atomic mass is 16.3. The molecule has 0 aromatic carbocycles. The quantitative estimate of drug-likeness (QED) is 0.698. The van der Waals surface area contributed by atoms with Gasteiger partial charge >= 0.3 is 0 Å². The first-order chi connectivity index (χ1) is 7.63. The highest BCUT2D eigenvalue weighted by Crippen LogP contribution is 2.09. The number of nitrogens with one attached hydrogen (secondary N) is 1. The molecule has 1 rings (SSSR count). The van der Waals surface area contributed by atoms with Crippen molar-refractivity contribution in [1.82, 2.24) is 5.32 Å². The van der Waals surface area contributed by atoms with Crippen molar-refractivity contribution in [3.8, 4) is 0 Å². The van der Waals surface area contributed by atoms with Crippen LogP contribution in [0, 0.1) is 18.8 Å². The molecule has 0 aliphatic carbocycles. The van der Waals surface area contributed by atoms with Crippen molar-refractivity contribution >= 4 is 0 Å². The van der Waals surface area contributed by atoms with Crippen molar-refractivity contribution in [1.29, 1.82) is 0 Å². The molecule has 1 atom stereocenters. The van der Waals surface area contributed by atoms with Gasteiger partial charge in [-0.05, 0) is 30.9 Å². The van der Waals surface area contributed by atoms with E-state index >= 15 is 0 Å². The zero-order chi connectivity index (χ0) is 12.0. The molecule has 0 bridgehead atoms. The number of aliphatic hydroxyl groups excluding tert-OH is 1. The Morgan fingerprint density at radius 2 is 2.12 bits per heavy atom. The van der Waals surface area contributed by atoms with Gasteiger partial charge in [0.1, 0.15) is 11.5 Å². The van der Waals surface area contributed by atoms with Crippen LogP contribution in [0.3, 0.4) is 0 Å². The average Bonchev–Trinajstić information content (AvgIpc) is 2.64. The van der Waals surface area contributed by atoms with Gasteiger partial charge in [0, 0.05) is 26.1 Å². The van der Waals surface area contributed by atoms with Crippen LogP contribution in [0.2, 0.25) is 0 Å². The van der Waals surface area contributed by atoms with E-state index < -0.39 is 0 Å². The Kier molecular flexibility index (Phi) is 5.56. The Morgan fingerprint density at radius 1 is 1.38 bits per heavy atom. The summed E-state index contributed by atoms with van der Waals surface area (Å²) in [7, 11) is 0. The van der Waals surface area contributed by atoms with Crippen LogP contribution in [0.5, 0.6) is 0 Å². The Labute approximate surface area is 97.9 Å². The number of rotatable bonds is 7. The zero-order valence-electron chi connectivity index (χ0n) is 10.5. The van der Waals surface area contributed by atoms with Crippen molar-refractivity contribution in [3.05, 3.63) is 23.7 Å². The summed E-state index contributed by atoms with van der Waals surface area (Å²) in [5.41, 5.74) is 0. The maximum Gasteiger partial charge on any atom is 0.105 e. The van der Waals surface area contributed by atoms with Crippen LogP contribution in [0.4, 0.5) is 0 Å². The molecule has 92 valence electrons. The molecule has 1 aromatic heterocycles. The fourth-order valence-corrected chi connectivity index (χ4v) is 1.63. The van der Waals surface area contributed by atoms with E-state index in [0.29, 0.717) is 11.8 Å². The minimum absolute atomic E-state index is 0.254. The molecule has 0 saturated carbocycles. The van der Waals surface area contributed by atoms with Gasteiger partial charge in [0.2, 0.25) is 0 Å². The molecule has 1 heterocycles. The van der Waals surface area contributed by atoms with E-state index in [9.17, 15) is 0 Å². The first-order valence-electron chi connectivity index (χ1n) is 6.00. The molecule has 2 N–H and O–H groups in total. The number of hydrogen-bond donors (Lipinski definition) is 2. The van der Waals surface area contributed by atoms with Crippen LogP contribution >= 0.6 is 0 Å². The van der Waals surface area contributed by atoms with Gasteiger partial charge in [-0.1, -0.05) is 13.8 Å². The molecule has 0 aliphatic rings. The van der Waals surface area contributed by atoms with Crippen molar-refractivity contribution in [2.75, 3.05) is 19.7 Å². The summed E-state index contributed by atoms with van der Waals surface area (Å²) in [5, 5.41) is 12.5. The summed E-state index contributed by atoms with van der Waals surface area (Å²) in [4.78, 5) is 0. The first-order valence-corrected chi connectivity index (χ1v) is 6.00. The van der Waals surface area contributed by atoms with Crippen LogP contribution in [0.15, 0.2) is 16.5 Å². The van der Waals surface area contributed by atoms with Gasteiger partial charge in [0.05, 0.1) is 0 Å². The van der Waals surface area contributed by atoms with Crippen molar-refractivity contribution < 1.29 is 9.52 Å². The molecule has 0 amide bonds. The average molecular weight is 225 g/mol.